The molecule has 0 atom stereocenters. The molecular formula is C14H10ClN3OS. The van der Waals surface area contributed by atoms with Gasteiger partial charge in [0.1, 0.15) is 16.2 Å². The number of hydrogen-bond donors (Lipinski definition) is 1. The van der Waals surface area contributed by atoms with Crippen molar-refractivity contribution in [2.45, 2.75) is 19.3 Å². The summed E-state index contributed by atoms with van der Waals surface area (Å²) < 4.78 is 0. The lowest BCUT2D eigenvalue weighted by molar-refractivity contribution is 0.102. The zero-order chi connectivity index (χ0) is 14.1. The van der Waals surface area contributed by atoms with Crippen LogP contribution < -0.4 is 5.32 Å². The van der Waals surface area contributed by atoms with Crippen molar-refractivity contribution in [3.05, 3.63) is 45.1 Å². The molecule has 2 heterocycles. The highest BCUT2D eigenvalue weighted by Crippen LogP contribution is 2.38. The average Bonchev–Trinajstić information content (AvgIpc) is 2.99. The van der Waals surface area contributed by atoms with Gasteiger partial charge in [0.15, 0.2) is 0 Å². The summed E-state index contributed by atoms with van der Waals surface area (Å²) in [6.07, 6.45) is 4.43. The zero-order valence-corrected chi connectivity index (χ0v) is 12.0. The predicted molar refractivity (Wildman–Crippen MR) is 78.3 cm³/mol. The van der Waals surface area contributed by atoms with Gasteiger partial charge in [-0.05, 0) is 37.0 Å². The van der Waals surface area contributed by atoms with Crippen molar-refractivity contribution in [2.24, 2.45) is 0 Å². The molecule has 3 rings (SSSR count). The molecule has 1 N–H and O–H groups in total. The number of pyridine rings is 1. The smallest absolute Gasteiger partial charge is 0.257 e. The lowest BCUT2D eigenvalue weighted by Gasteiger charge is -2.03. The summed E-state index contributed by atoms with van der Waals surface area (Å²) in [7, 11) is 0. The first-order valence-corrected chi connectivity index (χ1v) is 7.36. The molecule has 0 radical (unpaired) electrons. The van der Waals surface area contributed by atoms with Crippen LogP contribution in [-0.2, 0) is 12.8 Å². The van der Waals surface area contributed by atoms with Crippen LogP contribution in [0.4, 0.5) is 5.00 Å². The van der Waals surface area contributed by atoms with Crippen molar-refractivity contribution in [1.82, 2.24) is 4.98 Å². The van der Waals surface area contributed by atoms with E-state index in [0.29, 0.717) is 21.3 Å². The quantitative estimate of drug-likeness (QED) is 0.865. The Morgan fingerprint density at radius 3 is 3.00 bits per heavy atom. The third-order valence-electron chi connectivity index (χ3n) is 3.25. The maximum Gasteiger partial charge on any atom is 0.257 e. The van der Waals surface area contributed by atoms with Crippen LogP contribution in [-0.4, -0.2) is 10.9 Å². The Labute approximate surface area is 125 Å². The lowest BCUT2D eigenvalue weighted by atomic mass is 10.1. The van der Waals surface area contributed by atoms with Crippen molar-refractivity contribution < 1.29 is 4.79 Å². The Morgan fingerprint density at radius 2 is 2.30 bits per heavy atom. The van der Waals surface area contributed by atoms with Crippen LogP contribution in [0, 0.1) is 11.3 Å². The number of nitriles is 1. The molecular weight excluding hydrogens is 294 g/mol. The van der Waals surface area contributed by atoms with Crippen LogP contribution in [0.15, 0.2) is 18.3 Å². The summed E-state index contributed by atoms with van der Waals surface area (Å²) in [4.78, 5) is 17.2. The number of thiophene rings is 1. The molecule has 100 valence electrons. The van der Waals surface area contributed by atoms with Crippen molar-refractivity contribution in [3.8, 4) is 6.07 Å². The van der Waals surface area contributed by atoms with E-state index in [9.17, 15) is 10.1 Å². The minimum atomic E-state index is -0.273. The van der Waals surface area contributed by atoms with E-state index in [0.717, 1.165) is 24.8 Å². The van der Waals surface area contributed by atoms with E-state index in [1.54, 1.807) is 12.1 Å². The number of hydrogen-bond acceptors (Lipinski definition) is 4. The summed E-state index contributed by atoms with van der Waals surface area (Å²) in [5.41, 5.74) is 2.13. The first kappa shape index (κ1) is 13.1. The first-order chi connectivity index (χ1) is 9.69. The molecule has 0 unspecified atom stereocenters. The standard InChI is InChI=1S/C14H10ClN3OS/c15-12-5-4-8(7-17-12)13(19)18-14-10(6-16)9-2-1-3-11(9)20-14/h4-5,7H,1-3H2,(H,18,19). The van der Waals surface area contributed by atoms with Gasteiger partial charge < -0.3 is 5.32 Å². The maximum atomic E-state index is 12.1. The lowest BCUT2D eigenvalue weighted by Crippen LogP contribution is -2.12. The van der Waals surface area contributed by atoms with Crippen LogP contribution >= 0.6 is 22.9 Å². The Morgan fingerprint density at radius 1 is 1.45 bits per heavy atom. The normalized spacial score (nSPS) is 12.8. The Hall–Kier alpha value is -1.90. The van der Waals surface area contributed by atoms with E-state index in [1.165, 1.54) is 22.4 Å². The Balaban J connectivity index is 1.87. The van der Waals surface area contributed by atoms with Crippen LogP contribution in [0.25, 0.3) is 0 Å². The molecule has 2 aromatic rings. The van der Waals surface area contributed by atoms with Gasteiger partial charge in [-0.3, -0.25) is 4.79 Å². The fraction of sp³-hybridized carbons (Fsp3) is 0.214. The predicted octanol–water partition coefficient (Wildman–Crippen LogP) is 3.41. The molecule has 6 heteroatoms. The van der Waals surface area contributed by atoms with Crippen molar-refractivity contribution in [2.75, 3.05) is 5.32 Å². The second kappa shape index (κ2) is 5.23. The summed E-state index contributed by atoms with van der Waals surface area (Å²) in [5, 5.41) is 13.0. The number of carbonyl (C=O) groups excluding carboxylic acids is 1. The second-order valence-corrected chi connectivity index (χ2v) is 5.99. The van der Waals surface area contributed by atoms with Gasteiger partial charge >= 0.3 is 0 Å². The number of nitrogens with one attached hydrogen (secondary N) is 1. The van der Waals surface area contributed by atoms with E-state index in [1.807, 2.05) is 0 Å². The molecule has 0 bridgehead atoms. The van der Waals surface area contributed by atoms with Crippen molar-refractivity contribution in [3.63, 3.8) is 0 Å². The van der Waals surface area contributed by atoms with E-state index in [4.69, 9.17) is 11.6 Å². The largest absolute Gasteiger partial charge is 0.312 e. The van der Waals surface area contributed by atoms with Crippen LogP contribution in [0.2, 0.25) is 5.15 Å². The number of nitrogens with zero attached hydrogens (tertiary/aromatic N) is 2. The van der Waals surface area contributed by atoms with Gasteiger partial charge in [-0.15, -0.1) is 11.3 Å². The van der Waals surface area contributed by atoms with Gasteiger partial charge in [0, 0.05) is 11.1 Å². The number of amides is 1. The highest BCUT2D eigenvalue weighted by atomic mass is 35.5. The van der Waals surface area contributed by atoms with E-state index >= 15 is 0 Å². The number of fused-ring (bicyclic) bond motifs is 1. The molecule has 0 saturated heterocycles. The molecule has 2 aromatic heterocycles. The average molecular weight is 304 g/mol. The number of aryl methyl sites for hydroxylation is 1. The third-order valence-corrected chi connectivity index (χ3v) is 4.68. The number of halogens is 1. The monoisotopic (exact) mass is 303 g/mol. The minimum Gasteiger partial charge on any atom is -0.312 e. The molecule has 0 fully saturated rings. The molecule has 20 heavy (non-hydrogen) atoms. The summed E-state index contributed by atoms with van der Waals surface area (Å²) >= 11 is 7.19. The van der Waals surface area contributed by atoms with Gasteiger partial charge in [-0.25, -0.2) is 4.98 Å². The Kier molecular flexibility index (Phi) is 3.43. The summed E-state index contributed by atoms with van der Waals surface area (Å²) in [6.45, 7) is 0. The molecule has 0 aromatic carbocycles. The Bertz CT molecular complexity index is 715. The third kappa shape index (κ3) is 2.28. The zero-order valence-electron chi connectivity index (χ0n) is 10.4. The number of carbonyl (C=O) groups is 1. The highest BCUT2D eigenvalue weighted by molar-refractivity contribution is 7.16. The molecule has 1 aliphatic carbocycles. The van der Waals surface area contributed by atoms with Crippen LogP contribution in [0.3, 0.4) is 0 Å². The summed E-state index contributed by atoms with van der Waals surface area (Å²) in [5.74, 6) is -0.273. The number of rotatable bonds is 2. The molecule has 1 aliphatic rings. The van der Waals surface area contributed by atoms with E-state index in [2.05, 4.69) is 16.4 Å². The minimum absolute atomic E-state index is 0.273. The van der Waals surface area contributed by atoms with Gasteiger partial charge in [0.05, 0.1) is 11.1 Å². The molecule has 0 aliphatic heterocycles. The van der Waals surface area contributed by atoms with Crippen molar-refractivity contribution in [1.29, 1.82) is 5.26 Å². The SMILES string of the molecule is N#Cc1c(NC(=O)c2ccc(Cl)nc2)sc2c1CCC2. The molecule has 1 amide bonds. The highest BCUT2D eigenvalue weighted by Gasteiger charge is 2.23. The topological polar surface area (TPSA) is 65.8 Å². The number of anilines is 1. The molecule has 0 saturated carbocycles. The van der Waals surface area contributed by atoms with Gasteiger partial charge in [-0.1, -0.05) is 11.6 Å². The van der Waals surface area contributed by atoms with E-state index < -0.39 is 0 Å². The fourth-order valence-electron chi connectivity index (χ4n) is 2.30. The molecule has 0 spiro atoms. The van der Waals surface area contributed by atoms with Crippen molar-refractivity contribution >= 4 is 33.8 Å². The fourth-order valence-corrected chi connectivity index (χ4v) is 3.64. The number of aromatic nitrogens is 1. The van der Waals surface area contributed by atoms with Crippen LogP contribution in [0.5, 0.6) is 0 Å². The van der Waals surface area contributed by atoms with Gasteiger partial charge in [0.2, 0.25) is 0 Å². The van der Waals surface area contributed by atoms with Crippen LogP contribution in [0.1, 0.15) is 32.8 Å². The second-order valence-electron chi connectivity index (χ2n) is 4.50. The van der Waals surface area contributed by atoms with Gasteiger partial charge in [0.25, 0.3) is 5.91 Å². The summed E-state index contributed by atoms with van der Waals surface area (Å²) in [6, 6.07) is 5.38. The molecule has 4 nitrogen and oxygen atoms in total. The first-order valence-electron chi connectivity index (χ1n) is 6.16. The van der Waals surface area contributed by atoms with E-state index in [-0.39, 0.29) is 5.91 Å². The van der Waals surface area contributed by atoms with Gasteiger partial charge in [-0.2, -0.15) is 5.26 Å². The maximum absolute atomic E-state index is 12.1.